The summed E-state index contributed by atoms with van der Waals surface area (Å²) in [5, 5.41) is 8.50. The van der Waals surface area contributed by atoms with Crippen molar-refractivity contribution in [3.63, 3.8) is 0 Å². The van der Waals surface area contributed by atoms with E-state index >= 15 is 0 Å². The van der Waals surface area contributed by atoms with Crippen molar-refractivity contribution in [2.45, 2.75) is 77.6 Å². The molecule has 120 valence electrons. The lowest BCUT2D eigenvalue weighted by Gasteiger charge is -1.97. The lowest BCUT2D eigenvalue weighted by atomic mass is 10.1. The molecule has 0 fully saturated rings. The highest BCUT2D eigenvalue weighted by atomic mass is 16.4. The summed E-state index contributed by atoms with van der Waals surface area (Å²) >= 11 is 0. The van der Waals surface area contributed by atoms with Crippen LogP contribution >= 0.6 is 0 Å². The molecule has 0 radical (unpaired) electrons. The summed E-state index contributed by atoms with van der Waals surface area (Å²) in [6, 6.07) is 0. The van der Waals surface area contributed by atoms with Crippen LogP contribution in [0, 0.1) is 0 Å². The monoisotopic (exact) mass is 294 g/mol. The number of rotatable bonds is 14. The van der Waals surface area contributed by atoms with Crippen LogP contribution in [0.15, 0.2) is 24.3 Å². The largest absolute Gasteiger partial charge is 0.481 e. The van der Waals surface area contributed by atoms with Crippen molar-refractivity contribution in [1.82, 2.24) is 0 Å². The third kappa shape index (κ3) is 16.6. The third-order valence-corrected chi connectivity index (χ3v) is 3.32. The highest BCUT2D eigenvalue weighted by Gasteiger charge is 1.96. The molecule has 1 N–H and O–H groups in total. The molecule has 0 aliphatic carbocycles. The minimum atomic E-state index is -0.700. The van der Waals surface area contributed by atoms with E-state index in [1.54, 1.807) is 6.08 Å². The first-order valence-corrected chi connectivity index (χ1v) is 8.24. The Labute approximate surface area is 129 Å². The van der Waals surface area contributed by atoms with E-state index in [1.165, 1.54) is 0 Å². The fraction of sp³-hybridized carbons (Fsp3) is 0.667. The molecule has 0 amide bonds. The highest BCUT2D eigenvalue weighted by molar-refractivity contribution is 5.89. The van der Waals surface area contributed by atoms with E-state index in [-0.39, 0.29) is 12.2 Å². The van der Waals surface area contributed by atoms with Crippen LogP contribution in [0.1, 0.15) is 77.6 Å². The molecule has 0 aliphatic rings. The Morgan fingerprint density at radius 2 is 1.52 bits per heavy atom. The zero-order valence-corrected chi connectivity index (χ0v) is 13.4. The molecule has 0 saturated heterocycles. The predicted molar refractivity (Wildman–Crippen MR) is 87.4 cm³/mol. The van der Waals surface area contributed by atoms with Gasteiger partial charge in [0.05, 0.1) is 0 Å². The Morgan fingerprint density at radius 1 is 0.857 bits per heavy atom. The number of carbonyl (C=O) groups is 2. The minimum Gasteiger partial charge on any atom is -0.481 e. The van der Waals surface area contributed by atoms with E-state index < -0.39 is 5.97 Å². The van der Waals surface area contributed by atoms with Gasteiger partial charge >= 0.3 is 5.97 Å². The first kappa shape index (κ1) is 19.6. The molecule has 0 aromatic carbocycles. The van der Waals surface area contributed by atoms with Crippen LogP contribution in [0.3, 0.4) is 0 Å². The van der Waals surface area contributed by atoms with E-state index in [0.717, 1.165) is 57.8 Å². The molecule has 3 nitrogen and oxygen atoms in total. The molecule has 0 aromatic rings. The molecule has 0 atom stereocenters. The highest BCUT2D eigenvalue weighted by Crippen LogP contribution is 2.07. The maximum Gasteiger partial charge on any atom is 0.303 e. The maximum atomic E-state index is 11.4. The van der Waals surface area contributed by atoms with Gasteiger partial charge in [0, 0.05) is 12.8 Å². The summed E-state index contributed by atoms with van der Waals surface area (Å²) in [6.07, 6.45) is 17.9. The minimum absolute atomic E-state index is 0.214. The molecule has 3 heteroatoms. The van der Waals surface area contributed by atoms with Gasteiger partial charge in [-0.15, -0.1) is 0 Å². The summed E-state index contributed by atoms with van der Waals surface area (Å²) < 4.78 is 0. The van der Waals surface area contributed by atoms with Gasteiger partial charge in [-0.05, 0) is 31.8 Å². The van der Waals surface area contributed by atoms with Gasteiger partial charge in [0.1, 0.15) is 0 Å². The number of carboxylic acids is 1. The molecule has 0 saturated carbocycles. The number of unbranched alkanes of at least 4 members (excludes halogenated alkanes) is 7. The Morgan fingerprint density at radius 3 is 2.24 bits per heavy atom. The molecule has 0 heterocycles. The summed E-state index contributed by atoms with van der Waals surface area (Å²) in [7, 11) is 0. The normalized spacial score (nSPS) is 11.5. The summed E-state index contributed by atoms with van der Waals surface area (Å²) in [6.45, 7) is 2.13. The summed E-state index contributed by atoms with van der Waals surface area (Å²) in [4.78, 5) is 21.8. The zero-order chi connectivity index (χ0) is 15.8. The number of hydrogen-bond donors (Lipinski definition) is 1. The number of carbonyl (C=O) groups excluding carboxylic acids is 1. The molecule has 0 aromatic heterocycles. The van der Waals surface area contributed by atoms with Crippen molar-refractivity contribution >= 4 is 11.8 Å². The average Bonchev–Trinajstić information content (AvgIpc) is 2.44. The number of carboxylic acid groups (broad SMARTS) is 1. The second-order valence-electron chi connectivity index (χ2n) is 5.41. The molecule has 0 rings (SSSR count). The van der Waals surface area contributed by atoms with E-state index in [4.69, 9.17) is 5.11 Å². The maximum absolute atomic E-state index is 11.4. The van der Waals surface area contributed by atoms with Crippen LogP contribution in [0.25, 0.3) is 0 Å². The van der Waals surface area contributed by atoms with Crippen molar-refractivity contribution < 1.29 is 14.7 Å². The lowest BCUT2D eigenvalue weighted by Crippen LogP contribution is -1.93. The summed E-state index contributed by atoms with van der Waals surface area (Å²) in [5.74, 6) is -0.486. The van der Waals surface area contributed by atoms with E-state index in [0.29, 0.717) is 6.42 Å². The van der Waals surface area contributed by atoms with Gasteiger partial charge in [-0.25, -0.2) is 0 Å². The smallest absolute Gasteiger partial charge is 0.303 e. The Bertz CT molecular complexity index is 329. The number of aliphatic carboxylic acids is 1. The quantitative estimate of drug-likeness (QED) is 0.277. The van der Waals surface area contributed by atoms with Crippen LogP contribution < -0.4 is 0 Å². The Balaban J connectivity index is 3.39. The van der Waals surface area contributed by atoms with Gasteiger partial charge in [-0.1, -0.05) is 57.3 Å². The summed E-state index contributed by atoms with van der Waals surface area (Å²) in [5.41, 5.74) is 0. The zero-order valence-electron chi connectivity index (χ0n) is 13.4. The van der Waals surface area contributed by atoms with Gasteiger partial charge in [0.25, 0.3) is 0 Å². The van der Waals surface area contributed by atoms with Crippen molar-refractivity contribution in [1.29, 1.82) is 0 Å². The molecular formula is C18H30O3. The molecule has 0 bridgehead atoms. The fourth-order valence-electron chi connectivity index (χ4n) is 2.04. The number of ketones is 1. The molecular weight excluding hydrogens is 264 g/mol. The van der Waals surface area contributed by atoms with Crippen LogP contribution in [-0.2, 0) is 9.59 Å². The van der Waals surface area contributed by atoms with Crippen LogP contribution in [0.4, 0.5) is 0 Å². The second-order valence-corrected chi connectivity index (χ2v) is 5.41. The lowest BCUT2D eigenvalue weighted by molar-refractivity contribution is -0.137. The van der Waals surface area contributed by atoms with E-state index in [2.05, 4.69) is 13.0 Å². The van der Waals surface area contributed by atoms with Gasteiger partial charge in [0.15, 0.2) is 5.78 Å². The van der Waals surface area contributed by atoms with Gasteiger partial charge in [0.2, 0.25) is 0 Å². The Hall–Kier alpha value is -1.38. The topological polar surface area (TPSA) is 54.4 Å². The molecule has 0 aliphatic heterocycles. The Kier molecular flexibility index (Phi) is 14.0. The van der Waals surface area contributed by atoms with Gasteiger partial charge < -0.3 is 5.11 Å². The van der Waals surface area contributed by atoms with Crippen LogP contribution in [0.5, 0.6) is 0 Å². The first-order valence-electron chi connectivity index (χ1n) is 8.24. The van der Waals surface area contributed by atoms with Gasteiger partial charge in [-0.3, -0.25) is 9.59 Å². The standard InChI is InChI=1S/C18H30O3/c1-2-3-11-14-17(19)15-12-9-7-5-4-6-8-10-13-16-18(20)21/h7,9,12,15H,2-6,8,10-11,13-14,16H2,1H3,(H,20,21)/b9-7-,15-12?. The van der Waals surface area contributed by atoms with Crippen molar-refractivity contribution in [3.8, 4) is 0 Å². The van der Waals surface area contributed by atoms with Crippen molar-refractivity contribution in [3.05, 3.63) is 24.3 Å². The second kappa shape index (κ2) is 15.0. The average molecular weight is 294 g/mol. The fourth-order valence-corrected chi connectivity index (χ4v) is 2.04. The van der Waals surface area contributed by atoms with E-state index in [9.17, 15) is 9.59 Å². The van der Waals surface area contributed by atoms with Crippen LogP contribution in [0.2, 0.25) is 0 Å². The number of allylic oxidation sites excluding steroid dienone is 4. The predicted octanol–water partition coefficient (Wildman–Crippen LogP) is 5.06. The molecule has 0 unspecified atom stereocenters. The van der Waals surface area contributed by atoms with Gasteiger partial charge in [-0.2, -0.15) is 0 Å². The van der Waals surface area contributed by atoms with Crippen molar-refractivity contribution in [2.24, 2.45) is 0 Å². The SMILES string of the molecule is CCCCCC(=O)C=C/C=C\CCCCCCCC(=O)O. The third-order valence-electron chi connectivity index (χ3n) is 3.32. The van der Waals surface area contributed by atoms with E-state index in [1.807, 2.05) is 12.2 Å². The van der Waals surface area contributed by atoms with Crippen LogP contribution in [-0.4, -0.2) is 16.9 Å². The molecule has 0 spiro atoms. The number of hydrogen-bond acceptors (Lipinski definition) is 2. The van der Waals surface area contributed by atoms with Crippen molar-refractivity contribution in [2.75, 3.05) is 0 Å². The first-order chi connectivity index (χ1) is 10.2. The molecule has 21 heavy (non-hydrogen) atoms.